The number of halogens is 1. The number of carbonyl (C=O) groups is 2. The fourth-order valence-corrected chi connectivity index (χ4v) is 2.68. The molecule has 0 radical (unpaired) electrons. The summed E-state index contributed by atoms with van der Waals surface area (Å²) in [4.78, 5) is 24.0. The third kappa shape index (κ3) is 4.92. The second-order valence-electron chi connectivity index (χ2n) is 6.73. The number of carbonyl (C=O) groups excluding carboxylic acids is 2. The Bertz CT molecular complexity index is 850. The monoisotopic (exact) mass is 388 g/mol. The molecule has 3 rings (SSSR count). The van der Waals surface area contributed by atoms with E-state index in [-0.39, 0.29) is 11.8 Å². The van der Waals surface area contributed by atoms with Gasteiger partial charge in [-0.1, -0.05) is 11.6 Å². The van der Waals surface area contributed by atoms with Gasteiger partial charge in [-0.15, -0.1) is 0 Å². The number of fused-ring (bicyclic) bond motifs is 1. The van der Waals surface area contributed by atoms with Gasteiger partial charge < -0.3 is 20.1 Å². The van der Waals surface area contributed by atoms with Gasteiger partial charge in [-0.3, -0.25) is 9.59 Å². The van der Waals surface area contributed by atoms with Crippen molar-refractivity contribution in [2.45, 2.75) is 32.3 Å². The van der Waals surface area contributed by atoms with Gasteiger partial charge in [-0.05, 0) is 56.7 Å². The van der Waals surface area contributed by atoms with Crippen molar-refractivity contribution >= 4 is 34.8 Å². The Labute approximate surface area is 162 Å². The van der Waals surface area contributed by atoms with Crippen LogP contribution in [0.15, 0.2) is 42.5 Å². The van der Waals surface area contributed by atoms with Crippen molar-refractivity contribution < 1.29 is 19.1 Å². The van der Waals surface area contributed by atoms with Crippen LogP contribution in [0.2, 0.25) is 5.02 Å². The Hall–Kier alpha value is -2.73. The summed E-state index contributed by atoms with van der Waals surface area (Å²) < 4.78 is 11.3. The highest BCUT2D eigenvalue weighted by Gasteiger charge is 2.35. The quantitative estimate of drug-likeness (QED) is 0.725. The molecule has 142 valence electrons. The summed E-state index contributed by atoms with van der Waals surface area (Å²) in [7, 11) is 0. The van der Waals surface area contributed by atoms with Gasteiger partial charge in [0.05, 0.1) is 12.3 Å². The van der Waals surface area contributed by atoms with Gasteiger partial charge in [-0.25, -0.2) is 0 Å². The first kappa shape index (κ1) is 19.0. The van der Waals surface area contributed by atoms with Crippen molar-refractivity contribution in [1.82, 2.24) is 0 Å². The van der Waals surface area contributed by atoms with Crippen LogP contribution in [0.3, 0.4) is 0 Å². The maximum atomic E-state index is 12.1. The van der Waals surface area contributed by atoms with Gasteiger partial charge in [0, 0.05) is 23.2 Å². The summed E-state index contributed by atoms with van der Waals surface area (Å²) in [5.41, 5.74) is 0.257. The Morgan fingerprint density at radius 2 is 1.96 bits per heavy atom. The van der Waals surface area contributed by atoms with Gasteiger partial charge in [-0.2, -0.15) is 0 Å². The van der Waals surface area contributed by atoms with Crippen LogP contribution in [-0.4, -0.2) is 24.0 Å². The van der Waals surface area contributed by atoms with Crippen molar-refractivity contribution in [3.05, 3.63) is 47.5 Å². The first-order valence-corrected chi connectivity index (χ1v) is 9.04. The maximum absolute atomic E-state index is 12.1. The third-order valence-corrected chi connectivity index (χ3v) is 4.31. The highest BCUT2D eigenvalue weighted by atomic mass is 35.5. The van der Waals surface area contributed by atoms with E-state index in [9.17, 15) is 9.59 Å². The van der Waals surface area contributed by atoms with Gasteiger partial charge in [0.1, 0.15) is 11.5 Å². The van der Waals surface area contributed by atoms with E-state index in [4.69, 9.17) is 21.1 Å². The molecule has 0 spiro atoms. The SMILES string of the molecule is CC1(C)Oc2cc(NC(=O)CCCOc3ccc(Cl)cc3)ccc2NC1=O. The molecule has 0 aromatic heterocycles. The van der Waals surface area contributed by atoms with Crippen LogP contribution in [0.4, 0.5) is 11.4 Å². The number of benzene rings is 2. The van der Waals surface area contributed by atoms with Crippen LogP contribution in [0.25, 0.3) is 0 Å². The molecule has 0 fully saturated rings. The number of hydrogen-bond acceptors (Lipinski definition) is 4. The van der Waals surface area contributed by atoms with Crippen LogP contribution in [0, 0.1) is 0 Å². The maximum Gasteiger partial charge on any atom is 0.268 e. The summed E-state index contributed by atoms with van der Waals surface area (Å²) in [5.74, 6) is 0.931. The predicted molar refractivity (Wildman–Crippen MR) is 105 cm³/mol. The molecule has 7 heteroatoms. The van der Waals surface area contributed by atoms with Crippen molar-refractivity contribution in [1.29, 1.82) is 0 Å². The summed E-state index contributed by atoms with van der Waals surface area (Å²) in [6.45, 7) is 3.82. The van der Waals surface area contributed by atoms with E-state index < -0.39 is 5.60 Å². The Morgan fingerprint density at radius 3 is 2.70 bits per heavy atom. The molecule has 0 aliphatic carbocycles. The fraction of sp³-hybridized carbons (Fsp3) is 0.300. The topological polar surface area (TPSA) is 76.7 Å². The predicted octanol–water partition coefficient (Wildman–Crippen LogP) is 4.25. The summed E-state index contributed by atoms with van der Waals surface area (Å²) in [6.07, 6.45) is 0.909. The normalized spacial score (nSPS) is 14.6. The van der Waals surface area contributed by atoms with E-state index in [1.165, 1.54) is 0 Å². The zero-order chi connectivity index (χ0) is 19.4. The van der Waals surface area contributed by atoms with Crippen LogP contribution < -0.4 is 20.1 Å². The second kappa shape index (κ2) is 7.88. The van der Waals surface area contributed by atoms with E-state index >= 15 is 0 Å². The van der Waals surface area contributed by atoms with Crippen molar-refractivity contribution in [2.24, 2.45) is 0 Å². The molecule has 2 amide bonds. The van der Waals surface area contributed by atoms with E-state index in [0.29, 0.717) is 41.6 Å². The lowest BCUT2D eigenvalue weighted by Crippen LogP contribution is -2.45. The minimum Gasteiger partial charge on any atom is -0.494 e. The first-order chi connectivity index (χ1) is 12.8. The van der Waals surface area contributed by atoms with Crippen LogP contribution in [0.1, 0.15) is 26.7 Å². The zero-order valence-electron chi connectivity index (χ0n) is 15.2. The Balaban J connectivity index is 1.48. The summed E-state index contributed by atoms with van der Waals surface area (Å²) >= 11 is 5.82. The molecule has 0 saturated heterocycles. The number of anilines is 2. The lowest BCUT2D eigenvalue weighted by molar-refractivity contribution is -0.129. The minimum atomic E-state index is -0.950. The lowest BCUT2D eigenvalue weighted by atomic mass is 10.1. The Morgan fingerprint density at radius 1 is 1.22 bits per heavy atom. The van der Waals surface area contributed by atoms with Gasteiger partial charge in [0.25, 0.3) is 5.91 Å². The van der Waals surface area contributed by atoms with Crippen LogP contribution in [0.5, 0.6) is 11.5 Å². The van der Waals surface area contributed by atoms with Crippen molar-refractivity contribution in [3.63, 3.8) is 0 Å². The molecule has 0 unspecified atom stereocenters. The molecule has 6 nitrogen and oxygen atoms in total. The molecule has 2 N–H and O–H groups in total. The molecule has 1 aliphatic heterocycles. The number of amides is 2. The first-order valence-electron chi connectivity index (χ1n) is 8.66. The van der Waals surface area contributed by atoms with E-state index in [2.05, 4.69) is 10.6 Å². The number of nitrogens with one attached hydrogen (secondary N) is 2. The Kier molecular flexibility index (Phi) is 5.56. The largest absolute Gasteiger partial charge is 0.494 e. The van der Waals surface area contributed by atoms with Crippen molar-refractivity contribution in [3.8, 4) is 11.5 Å². The smallest absolute Gasteiger partial charge is 0.268 e. The molecule has 0 atom stereocenters. The van der Waals surface area contributed by atoms with E-state index in [1.54, 1.807) is 56.3 Å². The van der Waals surface area contributed by atoms with E-state index in [0.717, 1.165) is 5.75 Å². The van der Waals surface area contributed by atoms with Gasteiger partial charge in [0.2, 0.25) is 5.91 Å². The molecule has 1 aliphatic rings. The van der Waals surface area contributed by atoms with Crippen molar-refractivity contribution in [2.75, 3.05) is 17.2 Å². The van der Waals surface area contributed by atoms with E-state index in [1.807, 2.05) is 0 Å². The molecule has 0 saturated carbocycles. The number of ether oxygens (including phenoxy) is 2. The zero-order valence-corrected chi connectivity index (χ0v) is 15.9. The van der Waals surface area contributed by atoms with Gasteiger partial charge in [0.15, 0.2) is 5.60 Å². The highest BCUT2D eigenvalue weighted by molar-refractivity contribution is 6.30. The van der Waals surface area contributed by atoms with Crippen LogP contribution >= 0.6 is 11.6 Å². The molecule has 2 aromatic rings. The number of rotatable bonds is 6. The standard InChI is InChI=1S/C20H21ClN2O4/c1-20(2)19(25)23-16-10-7-14(12-17(16)27-20)22-18(24)4-3-11-26-15-8-5-13(21)6-9-15/h5-10,12H,3-4,11H2,1-2H3,(H,22,24)(H,23,25). The molecule has 1 heterocycles. The lowest BCUT2D eigenvalue weighted by Gasteiger charge is -2.31. The fourth-order valence-electron chi connectivity index (χ4n) is 2.56. The minimum absolute atomic E-state index is 0.117. The number of hydrogen-bond donors (Lipinski definition) is 2. The average Bonchev–Trinajstić information content (AvgIpc) is 2.61. The van der Waals surface area contributed by atoms with Crippen LogP contribution in [-0.2, 0) is 9.59 Å². The summed E-state index contributed by atoms with van der Waals surface area (Å²) in [5, 5.41) is 6.27. The average molecular weight is 389 g/mol. The second-order valence-corrected chi connectivity index (χ2v) is 7.17. The molecule has 27 heavy (non-hydrogen) atoms. The molecule has 2 aromatic carbocycles. The summed E-state index contributed by atoms with van der Waals surface area (Å²) in [6, 6.07) is 12.2. The third-order valence-electron chi connectivity index (χ3n) is 4.06. The molecular weight excluding hydrogens is 368 g/mol. The highest BCUT2D eigenvalue weighted by Crippen LogP contribution is 2.35. The molecular formula is C20H21ClN2O4. The molecule has 0 bridgehead atoms. The van der Waals surface area contributed by atoms with Gasteiger partial charge >= 0.3 is 0 Å².